The van der Waals surface area contributed by atoms with E-state index >= 15 is 0 Å². The van der Waals surface area contributed by atoms with Gasteiger partial charge in [-0.1, -0.05) is 0 Å². The van der Waals surface area contributed by atoms with E-state index < -0.39 is 0 Å². The van der Waals surface area contributed by atoms with Crippen LogP contribution in [0.2, 0.25) is 0 Å². The van der Waals surface area contributed by atoms with Crippen LogP contribution in [-0.4, -0.2) is 18.0 Å². The van der Waals surface area contributed by atoms with Gasteiger partial charge in [0.25, 0.3) is 5.69 Å². The van der Waals surface area contributed by atoms with Gasteiger partial charge in [-0.2, -0.15) is 0 Å². The van der Waals surface area contributed by atoms with Crippen LogP contribution < -0.4 is 4.90 Å². The third-order valence-corrected chi connectivity index (χ3v) is 4.14. The summed E-state index contributed by atoms with van der Waals surface area (Å²) in [6.45, 7) is 4.03. The van der Waals surface area contributed by atoms with E-state index in [1.54, 1.807) is 6.07 Å². The SMILES string of the molecule is Cc1cc(N2CCC3(CC3)C2)ccc1[N+](=O)[O-]. The van der Waals surface area contributed by atoms with Crippen molar-refractivity contribution in [2.45, 2.75) is 26.2 Å². The first-order valence-corrected chi connectivity index (χ1v) is 6.10. The molecular weight excluding hydrogens is 216 g/mol. The van der Waals surface area contributed by atoms with Gasteiger partial charge in [0, 0.05) is 30.4 Å². The lowest BCUT2D eigenvalue weighted by atomic mass is 10.1. The second-order valence-electron chi connectivity index (χ2n) is 5.40. The van der Waals surface area contributed by atoms with E-state index in [1.165, 1.54) is 19.3 Å². The molecule has 4 heteroatoms. The number of nitrogens with zero attached hydrogens (tertiary/aromatic N) is 2. The van der Waals surface area contributed by atoms with Gasteiger partial charge in [0.15, 0.2) is 0 Å². The molecule has 2 fully saturated rings. The van der Waals surface area contributed by atoms with E-state index in [1.807, 2.05) is 19.1 Å². The monoisotopic (exact) mass is 232 g/mol. The van der Waals surface area contributed by atoms with E-state index in [0.717, 1.165) is 24.3 Å². The van der Waals surface area contributed by atoms with Crippen molar-refractivity contribution >= 4 is 11.4 Å². The fraction of sp³-hybridized carbons (Fsp3) is 0.538. The van der Waals surface area contributed by atoms with Gasteiger partial charge in [0.1, 0.15) is 0 Å². The van der Waals surface area contributed by atoms with Crippen LogP contribution in [0.5, 0.6) is 0 Å². The number of nitro benzene ring substituents is 1. The molecule has 0 amide bonds. The summed E-state index contributed by atoms with van der Waals surface area (Å²) in [4.78, 5) is 12.8. The predicted octanol–water partition coefficient (Wildman–Crippen LogP) is 2.89. The highest BCUT2D eigenvalue weighted by molar-refractivity contribution is 5.56. The number of nitro groups is 1. The van der Waals surface area contributed by atoms with Gasteiger partial charge in [0.05, 0.1) is 4.92 Å². The van der Waals surface area contributed by atoms with Gasteiger partial charge in [0.2, 0.25) is 0 Å². The molecule has 1 aromatic rings. The lowest BCUT2D eigenvalue weighted by Gasteiger charge is -2.19. The van der Waals surface area contributed by atoms with E-state index in [0.29, 0.717) is 5.41 Å². The molecule has 4 nitrogen and oxygen atoms in total. The van der Waals surface area contributed by atoms with Crippen molar-refractivity contribution in [1.82, 2.24) is 0 Å². The molecule has 0 radical (unpaired) electrons. The Morgan fingerprint density at radius 2 is 2.12 bits per heavy atom. The summed E-state index contributed by atoms with van der Waals surface area (Å²) >= 11 is 0. The summed E-state index contributed by atoms with van der Waals surface area (Å²) in [5.41, 5.74) is 2.70. The molecule has 0 aromatic heterocycles. The summed E-state index contributed by atoms with van der Waals surface area (Å²) in [5.74, 6) is 0. The number of benzene rings is 1. The van der Waals surface area contributed by atoms with E-state index in [9.17, 15) is 10.1 Å². The molecule has 17 heavy (non-hydrogen) atoms. The zero-order valence-electron chi connectivity index (χ0n) is 9.98. The van der Waals surface area contributed by atoms with Crippen molar-refractivity contribution in [3.05, 3.63) is 33.9 Å². The highest BCUT2D eigenvalue weighted by Crippen LogP contribution is 2.53. The molecule has 1 saturated carbocycles. The van der Waals surface area contributed by atoms with Crippen molar-refractivity contribution in [2.24, 2.45) is 5.41 Å². The van der Waals surface area contributed by atoms with Crippen molar-refractivity contribution < 1.29 is 4.92 Å². The van der Waals surface area contributed by atoms with Crippen LogP contribution in [-0.2, 0) is 0 Å². The van der Waals surface area contributed by atoms with Gasteiger partial charge in [-0.15, -0.1) is 0 Å². The molecule has 1 aromatic carbocycles. The summed E-state index contributed by atoms with van der Waals surface area (Å²) < 4.78 is 0. The summed E-state index contributed by atoms with van der Waals surface area (Å²) in [7, 11) is 0. The largest absolute Gasteiger partial charge is 0.371 e. The van der Waals surface area contributed by atoms with Crippen molar-refractivity contribution in [1.29, 1.82) is 0 Å². The molecule has 3 rings (SSSR count). The lowest BCUT2D eigenvalue weighted by Crippen LogP contribution is -2.20. The maximum absolute atomic E-state index is 10.8. The minimum atomic E-state index is -0.314. The summed E-state index contributed by atoms with van der Waals surface area (Å²) in [6, 6.07) is 5.45. The first-order valence-electron chi connectivity index (χ1n) is 6.10. The van der Waals surface area contributed by atoms with Crippen LogP contribution in [0.3, 0.4) is 0 Å². The number of anilines is 1. The van der Waals surface area contributed by atoms with Crippen LogP contribution in [0.15, 0.2) is 18.2 Å². The molecule has 0 unspecified atom stereocenters. The topological polar surface area (TPSA) is 46.4 Å². The third kappa shape index (κ3) is 1.77. The van der Waals surface area contributed by atoms with Gasteiger partial charge >= 0.3 is 0 Å². The summed E-state index contributed by atoms with van der Waals surface area (Å²) in [6.07, 6.45) is 3.99. The molecule has 1 aliphatic carbocycles. The molecule has 1 spiro atoms. The zero-order valence-corrected chi connectivity index (χ0v) is 9.98. The van der Waals surface area contributed by atoms with Crippen LogP contribution in [0.4, 0.5) is 11.4 Å². The maximum atomic E-state index is 10.8. The molecule has 90 valence electrons. The predicted molar refractivity (Wildman–Crippen MR) is 66.3 cm³/mol. The molecule has 1 saturated heterocycles. The average Bonchev–Trinajstić information content (AvgIpc) is 2.88. The fourth-order valence-corrected chi connectivity index (χ4v) is 2.78. The third-order valence-electron chi connectivity index (χ3n) is 4.14. The minimum absolute atomic E-state index is 0.217. The van der Waals surface area contributed by atoms with Crippen LogP contribution in [0, 0.1) is 22.5 Å². The zero-order chi connectivity index (χ0) is 12.0. The van der Waals surface area contributed by atoms with E-state index in [2.05, 4.69) is 4.90 Å². The van der Waals surface area contributed by atoms with Crippen LogP contribution in [0.1, 0.15) is 24.8 Å². The lowest BCUT2D eigenvalue weighted by molar-refractivity contribution is -0.385. The summed E-state index contributed by atoms with van der Waals surface area (Å²) in [5, 5.41) is 10.8. The molecule has 0 atom stereocenters. The van der Waals surface area contributed by atoms with Crippen molar-refractivity contribution in [2.75, 3.05) is 18.0 Å². The number of hydrogen-bond donors (Lipinski definition) is 0. The second-order valence-corrected chi connectivity index (χ2v) is 5.40. The average molecular weight is 232 g/mol. The molecule has 0 N–H and O–H groups in total. The van der Waals surface area contributed by atoms with Crippen molar-refractivity contribution in [3.63, 3.8) is 0 Å². The highest BCUT2D eigenvalue weighted by atomic mass is 16.6. The molecule has 2 aliphatic rings. The van der Waals surface area contributed by atoms with Gasteiger partial charge in [-0.05, 0) is 43.7 Å². The Morgan fingerprint density at radius 1 is 1.35 bits per heavy atom. The smallest absolute Gasteiger partial charge is 0.272 e. The minimum Gasteiger partial charge on any atom is -0.371 e. The number of rotatable bonds is 2. The Morgan fingerprint density at radius 3 is 2.65 bits per heavy atom. The Kier molecular flexibility index (Phi) is 2.15. The number of aryl methyl sites for hydroxylation is 1. The van der Waals surface area contributed by atoms with E-state index in [-0.39, 0.29) is 10.6 Å². The molecule has 1 heterocycles. The number of hydrogen-bond acceptors (Lipinski definition) is 3. The molecular formula is C13H16N2O2. The highest BCUT2D eigenvalue weighted by Gasteiger charge is 2.47. The Labute approximate surface area is 100 Å². The van der Waals surface area contributed by atoms with Crippen LogP contribution in [0.25, 0.3) is 0 Å². The standard InChI is InChI=1S/C13H16N2O2/c1-10-8-11(2-3-12(10)15(16)17)14-7-6-13(9-14)4-5-13/h2-3,8H,4-7,9H2,1H3. The molecule has 1 aliphatic heterocycles. The Balaban J connectivity index is 1.84. The normalized spacial score (nSPS) is 20.9. The first-order chi connectivity index (χ1) is 8.10. The first kappa shape index (κ1) is 10.6. The van der Waals surface area contributed by atoms with Gasteiger partial charge < -0.3 is 4.90 Å². The molecule has 0 bridgehead atoms. The van der Waals surface area contributed by atoms with E-state index in [4.69, 9.17) is 0 Å². The second kappa shape index (κ2) is 3.45. The fourth-order valence-electron chi connectivity index (χ4n) is 2.78. The van der Waals surface area contributed by atoms with Gasteiger partial charge in [-0.25, -0.2) is 0 Å². The Bertz CT molecular complexity index is 480. The Hall–Kier alpha value is -1.58. The van der Waals surface area contributed by atoms with Crippen molar-refractivity contribution in [3.8, 4) is 0 Å². The van der Waals surface area contributed by atoms with Crippen LogP contribution >= 0.6 is 0 Å². The quantitative estimate of drug-likeness (QED) is 0.581. The van der Waals surface area contributed by atoms with Gasteiger partial charge in [-0.3, -0.25) is 10.1 Å². The maximum Gasteiger partial charge on any atom is 0.272 e.